The molecule has 0 N–H and O–H groups in total. The number of carbonyl (C=O) groups excluding carboxylic acids is 2. The Hall–Kier alpha value is -1.06. The predicted octanol–water partition coefficient (Wildman–Crippen LogP) is 1.34. The lowest BCUT2D eigenvalue weighted by Crippen LogP contribution is -2.35. The van der Waals surface area contributed by atoms with Crippen LogP contribution < -0.4 is 0 Å². The first-order chi connectivity index (χ1) is 7.72. The zero-order chi connectivity index (χ0) is 11.5. The molecule has 0 aromatic rings. The second kappa shape index (κ2) is 4.85. The second-order valence-electron chi connectivity index (χ2n) is 4.64. The largest absolute Gasteiger partial charge is 0.466 e. The van der Waals surface area contributed by atoms with Crippen molar-refractivity contribution in [3.8, 4) is 0 Å². The molecule has 1 saturated heterocycles. The monoisotopic (exact) mass is 225 g/mol. The summed E-state index contributed by atoms with van der Waals surface area (Å²) in [5.74, 6) is -0.311. The Morgan fingerprint density at radius 2 is 2.12 bits per heavy atom. The lowest BCUT2D eigenvalue weighted by molar-refractivity contribution is -0.147. The van der Waals surface area contributed by atoms with E-state index in [0.717, 1.165) is 12.8 Å². The predicted molar refractivity (Wildman–Crippen MR) is 58.7 cm³/mol. The summed E-state index contributed by atoms with van der Waals surface area (Å²) in [5.41, 5.74) is 0. The maximum atomic E-state index is 11.8. The Morgan fingerprint density at radius 1 is 1.44 bits per heavy atom. The summed E-state index contributed by atoms with van der Waals surface area (Å²) >= 11 is 0. The molecule has 0 aromatic carbocycles. The van der Waals surface area contributed by atoms with Gasteiger partial charge in [-0.15, -0.1) is 0 Å². The van der Waals surface area contributed by atoms with E-state index in [1.54, 1.807) is 6.92 Å². The van der Waals surface area contributed by atoms with Crippen LogP contribution in [0.25, 0.3) is 0 Å². The molecule has 0 aromatic heterocycles. The zero-order valence-electron chi connectivity index (χ0n) is 9.78. The van der Waals surface area contributed by atoms with E-state index in [2.05, 4.69) is 0 Å². The van der Waals surface area contributed by atoms with Crippen molar-refractivity contribution in [2.45, 2.75) is 45.1 Å². The standard InChI is InChI=1S/C12H19NO3/c1-2-16-12(15)9-7-11(14)13(8-9)10-5-3-4-6-10/h9-10H,2-8H2,1H3/t9-/m0/s1. The Balaban J connectivity index is 1.93. The lowest BCUT2D eigenvalue weighted by Gasteiger charge is -2.23. The average molecular weight is 225 g/mol. The summed E-state index contributed by atoms with van der Waals surface area (Å²) in [6.45, 7) is 2.76. The van der Waals surface area contributed by atoms with E-state index < -0.39 is 0 Å². The number of carbonyl (C=O) groups is 2. The van der Waals surface area contributed by atoms with Crippen molar-refractivity contribution in [1.82, 2.24) is 4.90 Å². The lowest BCUT2D eigenvalue weighted by atomic mass is 10.1. The molecule has 0 spiro atoms. The van der Waals surface area contributed by atoms with Crippen molar-refractivity contribution in [2.24, 2.45) is 5.92 Å². The maximum Gasteiger partial charge on any atom is 0.311 e. The molecule has 2 aliphatic rings. The first-order valence-corrected chi connectivity index (χ1v) is 6.18. The summed E-state index contributed by atoms with van der Waals surface area (Å²) in [6, 6.07) is 0.381. The maximum absolute atomic E-state index is 11.8. The van der Waals surface area contributed by atoms with Gasteiger partial charge < -0.3 is 9.64 Å². The number of hydrogen-bond acceptors (Lipinski definition) is 3. The normalized spacial score (nSPS) is 26.4. The van der Waals surface area contributed by atoms with Gasteiger partial charge in [-0.05, 0) is 19.8 Å². The van der Waals surface area contributed by atoms with Gasteiger partial charge in [0.25, 0.3) is 0 Å². The summed E-state index contributed by atoms with van der Waals surface area (Å²) in [6.07, 6.45) is 4.95. The summed E-state index contributed by atoms with van der Waals surface area (Å²) in [4.78, 5) is 25.2. The van der Waals surface area contributed by atoms with Gasteiger partial charge in [0.05, 0.1) is 12.5 Å². The van der Waals surface area contributed by atoms with Gasteiger partial charge in [0.2, 0.25) is 5.91 Å². The van der Waals surface area contributed by atoms with Crippen LogP contribution in [0.1, 0.15) is 39.0 Å². The SMILES string of the molecule is CCOC(=O)[C@H]1CC(=O)N(C2CCCC2)C1. The highest BCUT2D eigenvalue weighted by Gasteiger charge is 2.39. The summed E-state index contributed by atoms with van der Waals surface area (Å²) < 4.78 is 4.97. The molecule has 1 heterocycles. The van der Waals surface area contributed by atoms with Gasteiger partial charge in [-0.3, -0.25) is 9.59 Å². The minimum absolute atomic E-state index is 0.130. The Morgan fingerprint density at radius 3 is 2.75 bits per heavy atom. The topological polar surface area (TPSA) is 46.6 Å². The fourth-order valence-corrected chi connectivity index (χ4v) is 2.72. The molecule has 4 heteroatoms. The highest BCUT2D eigenvalue weighted by atomic mass is 16.5. The van der Waals surface area contributed by atoms with Crippen molar-refractivity contribution in [3.63, 3.8) is 0 Å². The molecule has 1 amide bonds. The van der Waals surface area contributed by atoms with Crippen LogP contribution in [0, 0.1) is 5.92 Å². The average Bonchev–Trinajstić information content (AvgIpc) is 2.86. The fourth-order valence-electron chi connectivity index (χ4n) is 2.72. The molecule has 1 saturated carbocycles. The Kier molecular flexibility index (Phi) is 3.46. The van der Waals surface area contributed by atoms with E-state index in [4.69, 9.17) is 4.74 Å². The van der Waals surface area contributed by atoms with E-state index in [1.807, 2.05) is 4.90 Å². The Bertz CT molecular complexity index is 284. The Labute approximate surface area is 95.9 Å². The van der Waals surface area contributed by atoms with Gasteiger partial charge in [-0.2, -0.15) is 0 Å². The van der Waals surface area contributed by atoms with Crippen LogP contribution in [-0.2, 0) is 14.3 Å². The minimum atomic E-state index is -0.229. The summed E-state index contributed by atoms with van der Waals surface area (Å²) in [7, 11) is 0. The van der Waals surface area contributed by atoms with E-state index in [9.17, 15) is 9.59 Å². The number of nitrogens with zero attached hydrogens (tertiary/aromatic N) is 1. The van der Waals surface area contributed by atoms with Crippen molar-refractivity contribution < 1.29 is 14.3 Å². The third-order valence-electron chi connectivity index (χ3n) is 3.54. The number of esters is 1. The molecule has 90 valence electrons. The second-order valence-corrected chi connectivity index (χ2v) is 4.64. The third-order valence-corrected chi connectivity index (χ3v) is 3.54. The molecule has 1 aliphatic carbocycles. The quantitative estimate of drug-likeness (QED) is 0.681. The third kappa shape index (κ3) is 2.20. The van der Waals surface area contributed by atoms with Crippen LogP contribution in [0.4, 0.5) is 0 Å². The highest BCUT2D eigenvalue weighted by Crippen LogP contribution is 2.29. The van der Waals surface area contributed by atoms with Gasteiger partial charge >= 0.3 is 5.97 Å². The molecule has 0 radical (unpaired) electrons. The van der Waals surface area contributed by atoms with Crippen molar-refractivity contribution in [1.29, 1.82) is 0 Å². The van der Waals surface area contributed by atoms with Crippen molar-refractivity contribution >= 4 is 11.9 Å². The van der Waals surface area contributed by atoms with E-state index in [0.29, 0.717) is 25.6 Å². The van der Waals surface area contributed by atoms with Gasteiger partial charge in [0.1, 0.15) is 0 Å². The smallest absolute Gasteiger partial charge is 0.311 e. The molecule has 2 fully saturated rings. The van der Waals surface area contributed by atoms with Crippen LogP contribution in [-0.4, -0.2) is 36.0 Å². The molecular formula is C12H19NO3. The van der Waals surface area contributed by atoms with Crippen LogP contribution >= 0.6 is 0 Å². The first-order valence-electron chi connectivity index (χ1n) is 6.18. The molecule has 0 bridgehead atoms. The van der Waals surface area contributed by atoms with Gasteiger partial charge in [0.15, 0.2) is 0 Å². The van der Waals surface area contributed by atoms with Crippen LogP contribution in [0.5, 0.6) is 0 Å². The summed E-state index contributed by atoms with van der Waals surface area (Å²) in [5, 5.41) is 0. The zero-order valence-corrected chi connectivity index (χ0v) is 9.78. The van der Waals surface area contributed by atoms with Crippen LogP contribution in [0.3, 0.4) is 0 Å². The molecule has 1 atom stereocenters. The van der Waals surface area contributed by atoms with Crippen molar-refractivity contribution in [3.05, 3.63) is 0 Å². The van der Waals surface area contributed by atoms with Crippen molar-refractivity contribution in [2.75, 3.05) is 13.2 Å². The molecule has 1 aliphatic heterocycles. The van der Waals surface area contributed by atoms with Gasteiger partial charge in [0, 0.05) is 19.0 Å². The van der Waals surface area contributed by atoms with Crippen LogP contribution in [0.2, 0.25) is 0 Å². The number of rotatable bonds is 3. The molecular weight excluding hydrogens is 206 g/mol. The van der Waals surface area contributed by atoms with Crippen LogP contribution in [0.15, 0.2) is 0 Å². The highest BCUT2D eigenvalue weighted by molar-refractivity contribution is 5.87. The molecule has 4 nitrogen and oxygen atoms in total. The number of amides is 1. The first kappa shape index (κ1) is 11.4. The number of hydrogen-bond donors (Lipinski definition) is 0. The minimum Gasteiger partial charge on any atom is -0.466 e. The van der Waals surface area contributed by atoms with E-state index in [-0.39, 0.29) is 17.8 Å². The van der Waals surface area contributed by atoms with Gasteiger partial charge in [-0.25, -0.2) is 0 Å². The fraction of sp³-hybridized carbons (Fsp3) is 0.833. The molecule has 2 rings (SSSR count). The number of likely N-dealkylation sites (tertiary alicyclic amines) is 1. The molecule has 0 unspecified atom stereocenters. The molecule has 16 heavy (non-hydrogen) atoms. The van der Waals surface area contributed by atoms with E-state index in [1.165, 1.54) is 12.8 Å². The number of ether oxygens (including phenoxy) is 1. The van der Waals surface area contributed by atoms with E-state index >= 15 is 0 Å². The van der Waals surface area contributed by atoms with Gasteiger partial charge in [-0.1, -0.05) is 12.8 Å².